The lowest BCUT2D eigenvalue weighted by atomic mass is 10.1. The van der Waals surface area contributed by atoms with Crippen molar-refractivity contribution in [1.82, 2.24) is 5.32 Å². The number of rotatable bonds is 5. The third-order valence-corrected chi connectivity index (χ3v) is 3.66. The third-order valence-electron chi connectivity index (χ3n) is 3.66. The minimum atomic E-state index is -0.484. The van der Waals surface area contributed by atoms with Gasteiger partial charge in [0.15, 0.2) is 6.79 Å². The van der Waals surface area contributed by atoms with Crippen molar-refractivity contribution in [2.75, 3.05) is 6.79 Å². The molecule has 2 aromatic carbocycles. The Bertz CT molecular complexity index is 818. The highest BCUT2D eigenvalue weighted by molar-refractivity contribution is 5.92. The number of benzene rings is 2. The smallest absolute Gasteiger partial charge is 0.270 e. The van der Waals surface area contributed by atoms with Crippen LogP contribution in [-0.4, -0.2) is 17.6 Å². The fraction of sp³-hybridized carbons (Fsp3) is 0.167. The maximum Gasteiger partial charge on any atom is 0.270 e. The van der Waals surface area contributed by atoms with Crippen molar-refractivity contribution in [1.29, 1.82) is 0 Å². The van der Waals surface area contributed by atoms with Gasteiger partial charge >= 0.3 is 0 Å². The number of ether oxygens (including phenoxy) is 2. The van der Waals surface area contributed by atoms with Crippen LogP contribution in [-0.2, 0) is 22.7 Å². The number of carbonyl (C=O) groups excluding carboxylic acids is 1. The normalized spacial score (nSPS) is 13.1. The number of fused-ring (bicyclic) bond motifs is 1. The molecule has 25 heavy (non-hydrogen) atoms. The zero-order valence-electron chi connectivity index (χ0n) is 13.3. The van der Waals surface area contributed by atoms with Gasteiger partial charge < -0.3 is 14.8 Å². The topological polar surface area (TPSA) is 90.7 Å². The molecule has 1 N–H and O–H groups in total. The molecular formula is C18H16N2O5. The van der Waals surface area contributed by atoms with Crippen LogP contribution in [0.15, 0.2) is 48.5 Å². The first-order chi connectivity index (χ1) is 12.1. The number of carbonyl (C=O) groups is 1. The molecule has 3 rings (SSSR count). The number of hydrogen-bond donors (Lipinski definition) is 1. The summed E-state index contributed by atoms with van der Waals surface area (Å²) in [6.07, 6.45) is 2.85. The molecule has 1 heterocycles. The van der Waals surface area contributed by atoms with Crippen molar-refractivity contribution in [3.05, 3.63) is 75.3 Å². The van der Waals surface area contributed by atoms with Gasteiger partial charge in [0.2, 0.25) is 5.91 Å². The van der Waals surface area contributed by atoms with Gasteiger partial charge in [-0.25, -0.2) is 0 Å². The number of nitro benzene ring substituents is 1. The highest BCUT2D eigenvalue weighted by Gasteiger charge is 2.19. The summed E-state index contributed by atoms with van der Waals surface area (Å²) in [7, 11) is 0. The Labute approximate surface area is 144 Å². The predicted molar refractivity (Wildman–Crippen MR) is 90.7 cm³/mol. The summed E-state index contributed by atoms with van der Waals surface area (Å²) in [5.74, 6) is 0.208. The van der Waals surface area contributed by atoms with Crippen molar-refractivity contribution in [3.63, 3.8) is 0 Å². The van der Waals surface area contributed by atoms with Crippen molar-refractivity contribution in [3.8, 4) is 5.75 Å². The second-order valence-electron chi connectivity index (χ2n) is 5.43. The minimum Gasteiger partial charge on any atom is -0.467 e. The van der Waals surface area contributed by atoms with Gasteiger partial charge in [0.1, 0.15) is 5.75 Å². The quantitative estimate of drug-likeness (QED) is 0.513. The minimum absolute atomic E-state index is 0.0720. The predicted octanol–water partition coefficient (Wildman–Crippen LogP) is 2.79. The van der Waals surface area contributed by atoms with E-state index in [-0.39, 0.29) is 25.0 Å². The second-order valence-corrected chi connectivity index (χ2v) is 5.43. The van der Waals surface area contributed by atoms with Crippen LogP contribution in [0.25, 0.3) is 6.08 Å². The first-order valence-corrected chi connectivity index (χ1v) is 7.65. The van der Waals surface area contributed by atoms with Crippen molar-refractivity contribution < 1.29 is 19.2 Å². The fourth-order valence-corrected chi connectivity index (χ4v) is 2.47. The van der Waals surface area contributed by atoms with Crippen LogP contribution in [0.1, 0.15) is 16.7 Å². The molecule has 1 aliphatic rings. The number of amides is 1. The summed E-state index contributed by atoms with van der Waals surface area (Å²) < 4.78 is 10.6. The van der Waals surface area contributed by atoms with Gasteiger partial charge in [-0.15, -0.1) is 0 Å². The van der Waals surface area contributed by atoms with Gasteiger partial charge in [-0.05, 0) is 11.6 Å². The number of hydrogen-bond acceptors (Lipinski definition) is 5. The lowest BCUT2D eigenvalue weighted by Gasteiger charge is -2.19. The molecular weight excluding hydrogens is 324 g/mol. The highest BCUT2D eigenvalue weighted by Crippen LogP contribution is 2.33. The van der Waals surface area contributed by atoms with Crippen LogP contribution in [0.3, 0.4) is 0 Å². The largest absolute Gasteiger partial charge is 0.467 e. The Kier molecular flexibility index (Phi) is 5.06. The van der Waals surface area contributed by atoms with E-state index in [2.05, 4.69) is 5.32 Å². The summed E-state index contributed by atoms with van der Waals surface area (Å²) in [5, 5.41) is 13.8. The van der Waals surface area contributed by atoms with Crippen LogP contribution < -0.4 is 10.1 Å². The summed E-state index contributed by atoms with van der Waals surface area (Å²) in [4.78, 5) is 22.6. The van der Waals surface area contributed by atoms with Crippen molar-refractivity contribution in [2.24, 2.45) is 0 Å². The number of nitrogens with one attached hydrogen (secondary N) is 1. The Balaban J connectivity index is 1.74. The summed E-state index contributed by atoms with van der Waals surface area (Å²) >= 11 is 0. The van der Waals surface area contributed by atoms with Gasteiger partial charge in [-0.3, -0.25) is 14.9 Å². The highest BCUT2D eigenvalue weighted by atomic mass is 16.7. The molecule has 0 atom stereocenters. The van der Waals surface area contributed by atoms with E-state index in [1.807, 2.05) is 30.3 Å². The van der Waals surface area contributed by atoms with E-state index in [0.29, 0.717) is 23.4 Å². The molecule has 0 saturated carbocycles. The van der Waals surface area contributed by atoms with Gasteiger partial charge in [-0.2, -0.15) is 0 Å². The molecule has 0 spiro atoms. The van der Waals surface area contributed by atoms with E-state index in [1.54, 1.807) is 0 Å². The zero-order valence-corrected chi connectivity index (χ0v) is 13.3. The van der Waals surface area contributed by atoms with Crippen LogP contribution in [0, 0.1) is 10.1 Å². The number of non-ortho nitro benzene ring substituents is 1. The molecule has 0 aromatic heterocycles. The Morgan fingerprint density at radius 1 is 1.28 bits per heavy atom. The average molecular weight is 340 g/mol. The molecule has 0 radical (unpaired) electrons. The third kappa shape index (κ3) is 4.21. The van der Waals surface area contributed by atoms with Gasteiger partial charge in [0.25, 0.3) is 5.69 Å². The SMILES string of the molecule is O=C(C=Cc1cc([N+](=O)[O-])cc2c1OCOC2)NCc1ccccc1. The molecule has 1 amide bonds. The zero-order chi connectivity index (χ0) is 17.6. The monoisotopic (exact) mass is 340 g/mol. The molecule has 0 saturated heterocycles. The number of nitro groups is 1. The Morgan fingerprint density at radius 2 is 2.08 bits per heavy atom. The summed E-state index contributed by atoms with van der Waals surface area (Å²) in [5.41, 5.74) is 1.97. The molecule has 0 unspecified atom stereocenters. The lowest BCUT2D eigenvalue weighted by Crippen LogP contribution is -2.20. The Morgan fingerprint density at radius 3 is 2.84 bits per heavy atom. The number of nitrogens with zero attached hydrogens (tertiary/aromatic N) is 1. The van der Waals surface area contributed by atoms with Crippen LogP contribution >= 0.6 is 0 Å². The van der Waals surface area contributed by atoms with E-state index >= 15 is 0 Å². The van der Waals surface area contributed by atoms with E-state index in [0.717, 1.165) is 5.56 Å². The molecule has 7 heteroatoms. The van der Waals surface area contributed by atoms with Crippen LogP contribution in [0.2, 0.25) is 0 Å². The summed E-state index contributed by atoms with van der Waals surface area (Å²) in [6, 6.07) is 12.3. The summed E-state index contributed by atoms with van der Waals surface area (Å²) in [6.45, 7) is 0.714. The average Bonchev–Trinajstić information content (AvgIpc) is 2.65. The first-order valence-electron chi connectivity index (χ1n) is 7.65. The molecule has 128 valence electrons. The fourth-order valence-electron chi connectivity index (χ4n) is 2.47. The van der Waals surface area contributed by atoms with Crippen molar-refractivity contribution >= 4 is 17.7 Å². The molecule has 0 aliphatic carbocycles. The van der Waals surface area contributed by atoms with E-state index in [9.17, 15) is 14.9 Å². The van der Waals surface area contributed by atoms with Gasteiger partial charge in [0, 0.05) is 35.9 Å². The maximum atomic E-state index is 12.0. The van der Waals surface area contributed by atoms with Gasteiger partial charge in [-0.1, -0.05) is 30.3 Å². The van der Waals surface area contributed by atoms with Gasteiger partial charge in [0.05, 0.1) is 11.5 Å². The maximum absolute atomic E-state index is 12.0. The first kappa shape index (κ1) is 16.7. The van der Waals surface area contributed by atoms with E-state index in [4.69, 9.17) is 9.47 Å². The van der Waals surface area contributed by atoms with Crippen molar-refractivity contribution in [2.45, 2.75) is 13.2 Å². The van der Waals surface area contributed by atoms with Crippen LogP contribution in [0.5, 0.6) is 5.75 Å². The van der Waals surface area contributed by atoms with Crippen LogP contribution in [0.4, 0.5) is 5.69 Å². The standard InChI is InChI=1S/C18H16N2O5/c21-17(19-10-13-4-2-1-3-5-13)7-6-14-8-16(20(22)23)9-15-11-24-12-25-18(14)15/h1-9H,10-12H2,(H,19,21). The molecule has 1 aliphatic heterocycles. The molecule has 0 bridgehead atoms. The molecule has 7 nitrogen and oxygen atoms in total. The van der Waals surface area contributed by atoms with E-state index in [1.165, 1.54) is 24.3 Å². The van der Waals surface area contributed by atoms with E-state index < -0.39 is 4.92 Å². The second kappa shape index (κ2) is 7.59. The lowest BCUT2D eigenvalue weighted by molar-refractivity contribution is -0.385. The molecule has 2 aromatic rings. The Hall–Kier alpha value is -3.19. The molecule has 0 fully saturated rings.